The molecule has 0 spiro atoms. The Hall–Kier alpha value is -0.0400. The summed E-state index contributed by atoms with van der Waals surface area (Å²) in [7, 11) is 0. The minimum Gasteiger partial charge on any atom is -0.314 e. The Balaban J connectivity index is 4.18. The SMILES string of the molecule is CCC(C)(CNC(C)C)CC(C)(C)C. The van der Waals surface area contributed by atoms with E-state index >= 15 is 0 Å². The van der Waals surface area contributed by atoms with Crippen LogP contribution in [0.3, 0.4) is 0 Å². The first-order chi connectivity index (χ1) is 6.18. The summed E-state index contributed by atoms with van der Waals surface area (Å²) < 4.78 is 0. The Labute approximate surface area is 90.7 Å². The van der Waals surface area contributed by atoms with E-state index in [2.05, 4.69) is 53.8 Å². The summed E-state index contributed by atoms with van der Waals surface area (Å²) in [5.41, 5.74) is 0.881. The molecule has 0 saturated carbocycles. The molecule has 0 rings (SSSR count). The van der Waals surface area contributed by atoms with Crippen molar-refractivity contribution in [3.8, 4) is 0 Å². The normalized spacial score (nSPS) is 17.1. The standard InChI is InChI=1S/C13H29N/c1-8-13(7,9-12(4,5)6)10-14-11(2)3/h11,14H,8-10H2,1-7H3. The molecule has 0 bridgehead atoms. The van der Waals surface area contributed by atoms with E-state index in [0.717, 1.165) is 6.54 Å². The second kappa shape index (κ2) is 5.16. The molecule has 1 N–H and O–H groups in total. The maximum absolute atomic E-state index is 3.56. The van der Waals surface area contributed by atoms with Gasteiger partial charge in [0.05, 0.1) is 0 Å². The summed E-state index contributed by atoms with van der Waals surface area (Å²) in [6, 6.07) is 0.598. The van der Waals surface area contributed by atoms with Gasteiger partial charge in [-0.3, -0.25) is 0 Å². The van der Waals surface area contributed by atoms with Crippen LogP contribution in [0.2, 0.25) is 0 Å². The molecule has 0 heterocycles. The number of hydrogen-bond donors (Lipinski definition) is 1. The van der Waals surface area contributed by atoms with Gasteiger partial charge in [0.15, 0.2) is 0 Å². The van der Waals surface area contributed by atoms with Crippen molar-refractivity contribution in [2.45, 2.75) is 67.3 Å². The van der Waals surface area contributed by atoms with Crippen LogP contribution in [0.15, 0.2) is 0 Å². The third kappa shape index (κ3) is 6.42. The molecule has 1 unspecified atom stereocenters. The Morgan fingerprint density at radius 2 is 1.57 bits per heavy atom. The third-order valence-corrected chi connectivity index (χ3v) is 2.75. The van der Waals surface area contributed by atoms with E-state index in [1.54, 1.807) is 0 Å². The van der Waals surface area contributed by atoms with Crippen LogP contribution in [0.25, 0.3) is 0 Å². The van der Waals surface area contributed by atoms with Gasteiger partial charge in [-0.15, -0.1) is 0 Å². The predicted octanol–water partition coefficient (Wildman–Crippen LogP) is 3.84. The molecule has 0 aromatic heterocycles. The van der Waals surface area contributed by atoms with Crippen molar-refractivity contribution in [2.75, 3.05) is 6.54 Å². The molecule has 0 aliphatic rings. The van der Waals surface area contributed by atoms with E-state index in [9.17, 15) is 0 Å². The molecule has 1 atom stereocenters. The summed E-state index contributed by atoms with van der Waals surface area (Å²) in [6.07, 6.45) is 2.54. The monoisotopic (exact) mass is 199 g/mol. The highest BCUT2D eigenvalue weighted by Gasteiger charge is 2.28. The van der Waals surface area contributed by atoms with Crippen LogP contribution in [0, 0.1) is 10.8 Å². The molecule has 86 valence electrons. The van der Waals surface area contributed by atoms with Crippen molar-refractivity contribution < 1.29 is 0 Å². The molecule has 0 saturated heterocycles. The van der Waals surface area contributed by atoms with Gasteiger partial charge in [-0.25, -0.2) is 0 Å². The van der Waals surface area contributed by atoms with Gasteiger partial charge in [-0.05, 0) is 23.7 Å². The lowest BCUT2D eigenvalue weighted by Gasteiger charge is -2.36. The molecular formula is C13H29N. The van der Waals surface area contributed by atoms with Crippen molar-refractivity contribution in [1.82, 2.24) is 5.32 Å². The molecule has 0 aromatic carbocycles. The Morgan fingerprint density at radius 1 is 1.07 bits per heavy atom. The zero-order valence-electron chi connectivity index (χ0n) is 11.2. The molecule has 0 aliphatic heterocycles. The lowest BCUT2D eigenvalue weighted by Crippen LogP contribution is -2.37. The molecule has 0 aliphatic carbocycles. The van der Waals surface area contributed by atoms with Crippen molar-refractivity contribution in [3.05, 3.63) is 0 Å². The number of hydrogen-bond acceptors (Lipinski definition) is 1. The maximum Gasteiger partial charge on any atom is 0.00106 e. The van der Waals surface area contributed by atoms with E-state index in [4.69, 9.17) is 0 Å². The van der Waals surface area contributed by atoms with Crippen molar-refractivity contribution in [1.29, 1.82) is 0 Å². The number of nitrogens with one attached hydrogen (secondary N) is 1. The van der Waals surface area contributed by atoms with Crippen LogP contribution in [0.4, 0.5) is 0 Å². The fourth-order valence-electron chi connectivity index (χ4n) is 2.04. The zero-order valence-corrected chi connectivity index (χ0v) is 11.2. The van der Waals surface area contributed by atoms with Gasteiger partial charge in [-0.2, -0.15) is 0 Å². The van der Waals surface area contributed by atoms with Crippen LogP contribution in [-0.4, -0.2) is 12.6 Å². The molecule has 1 heteroatoms. The average Bonchev–Trinajstić information content (AvgIpc) is 1.98. The van der Waals surface area contributed by atoms with Gasteiger partial charge in [0.1, 0.15) is 0 Å². The molecule has 0 aromatic rings. The fraction of sp³-hybridized carbons (Fsp3) is 1.00. The minimum absolute atomic E-state index is 0.434. The number of rotatable bonds is 5. The summed E-state index contributed by atoms with van der Waals surface area (Å²) in [6.45, 7) is 17.3. The van der Waals surface area contributed by atoms with Crippen molar-refractivity contribution >= 4 is 0 Å². The van der Waals surface area contributed by atoms with Crippen molar-refractivity contribution in [3.63, 3.8) is 0 Å². The van der Waals surface area contributed by atoms with Crippen LogP contribution in [-0.2, 0) is 0 Å². The van der Waals surface area contributed by atoms with Crippen molar-refractivity contribution in [2.24, 2.45) is 10.8 Å². The lowest BCUT2D eigenvalue weighted by atomic mass is 9.73. The van der Waals surface area contributed by atoms with Gasteiger partial charge < -0.3 is 5.32 Å². The van der Waals surface area contributed by atoms with E-state index in [1.165, 1.54) is 12.8 Å². The quantitative estimate of drug-likeness (QED) is 0.709. The smallest absolute Gasteiger partial charge is 0.00106 e. The summed E-state index contributed by atoms with van der Waals surface area (Å²) in [5.74, 6) is 0. The summed E-state index contributed by atoms with van der Waals surface area (Å²) in [5, 5.41) is 3.56. The molecular weight excluding hydrogens is 170 g/mol. The Bertz CT molecular complexity index is 155. The fourth-order valence-corrected chi connectivity index (χ4v) is 2.04. The first kappa shape index (κ1) is 14.0. The maximum atomic E-state index is 3.56. The van der Waals surface area contributed by atoms with Crippen LogP contribution in [0.1, 0.15) is 61.3 Å². The topological polar surface area (TPSA) is 12.0 Å². The minimum atomic E-state index is 0.434. The second-order valence-corrected chi connectivity index (χ2v) is 6.44. The van der Waals surface area contributed by atoms with Gasteiger partial charge in [0.2, 0.25) is 0 Å². The predicted molar refractivity (Wildman–Crippen MR) is 65.6 cm³/mol. The first-order valence-corrected chi connectivity index (χ1v) is 5.92. The van der Waals surface area contributed by atoms with Gasteiger partial charge in [0, 0.05) is 12.6 Å². The third-order valence-electron chi connectivity index (χ3n) is 2.75. The van der Waals surface area contributed by atoms with Crippen LogP contribution >= 0.6 is 0 Å². The summed E-state index contributed by atoms with van der Waals surface area (Å²) in [4.78, 5) is 0. The van der Waals surface area contributed by atoms with Gasteiger partial charge >= 0.3 is 0 Å². The highest BCUT2D eigenvalue weighted by molar-refractivity contribution is 4.81. The van der Waals surface area contributed by atoms with E-state index in [1.807, 2.05) is 0 Å². The zero-order chi connectivity index (χ0) is 11.4. The van der Waals surface area contributed by atoms with E-state index < -0.39 is 0 Å². The molecule has 0 amide bonds. The molecule has 0 radical (unpaired) electrons. The summed E-state index contributed by atoms with van der Waals surface area (Å²) >= 11 is 0. The van der Waals surface area contributed by atoms with Crippen LogP contribution < -0.4 is 5.32 Å². The van der Waals surface area contributed by atoms with Gasteiger partial charge in [-0.1, -0.05) is 48.5 Å². The molecule has 14 heavy (non-hydrogen) atoms. The lowest BCUT2D eigenvalue weighted by molar-refractivity contribution is 0.175. The molecule has 0 fully saturated rings. The largest absolute Gasteiger partial charge is 0.314 e. The van der Waals surface area contributed by atoms with E-state index in [-0.39, 0.29) is 0 Å². The van der Waals surface area contributed by atoms with E-state index in [0.29, 0.717) is 16.9 Å². The van der Waals surface area contributed by atoms with Gasteiger partial charge in [0.25, 0.3) is 0 Å². The Kier molecular flexibility index (Phi) is 5.14. The Morgan fingerprint density at radius 3 is 1.86 bits per heavy atom. The second-order valence-electron chi connectivity index (χ2n) is 6.44. The first-order valence-electron chi connectivity index (χ1n) is 5.92. The average molecular weight is 199 g/mol. The highest BCUT2D eigenvalue weighted by atomic mass is 14.9. The highest BCUT2D eigenvalue weighted by Crippen LogP contribution is 2.35. The molecule has 1 nitrogen and oxygen atoms in total. The van der Waals surface area contributed by atoms with Crippen LogP contribution in [0.5, 0.6) is 0 Å².